The minimum absolute atomic E-state index is 0.00530. The van der Waals surface area contributed by atoms with Crippen molar-refractivity contribution in [1.29, 1.82) is 0 Å². The van der Waals surface area contributed by atoms with Crippen molar-refractivity contribution in [2.75, 3.05) is 0 Å². The zero-order valence-electron chi connectivity index (χ0n) is 15.7. The van der Waals surface area contributed by atoms with Crippen LogP contribution in [0.5, 0.6) is 0 Å². The van der Waals surface area contributed by atoms with E-state index in [1.165, 1.54) is 31.3 Å². The Kier molecular flexibility index (Phi) is 3.75. The highest BCUT2D eigenvalue weighted by molar-refractivity contribution is 14.1. The molecule has 2 nitrogen and oxygen atoms in total. The highest BCUT2D eigenvalue weighted by Gasteiger charge is 2.53. The summed E-state index contributed by atoms with van der Waals surface area (Å²) in [5, 5.41) is 0. The van der Waals surface area contributed by atoms with Gasteiger partial charge in [0.05, 0.1) is 11.2 Å². The number of rotatable bonds is 1. The van der Waals surface area contributed by atoms with Crippen molar-refractivity contribution in [2.45, 2.75) is 58.2 Å². The molecule has 4 heteroatoms. The van der Waals surface area contributed by atoms with Crippen LogP contribution in [-0.4, -0.2) is 18.3 Å². The number of hydrogen-bond donors (Lipinski definition) is 0. The molecule has 2 aliphatic rings. The summed E-state index contributed by atoms with van der Waals surface area (Å²) in [4.78, 5) is 0. The molecule has 1 aliphatic heterocycles. The molecule has 1 saturated heterocycles. The molecule has 0 aromatic heterocycles. The van der Waals surface area contributed by atoms with Crippen LogP contribution in [0, 0.1) is 3.57 Å². The van der Waals surface area contributed by atoms with Crippen LogP contribution in [0.3, 0.4) is 0 Å². The third kappa shape index (κ3) is 2.37. The summed E-state index contributed by atoms with van der Waals surface area (Å²) in [5.41, 5.74) is 5.85. The Hall–Kier alpha value is -0.845. The normalized spacial score (nSPS) is 22.0. The lowest BCUT2D eigenvalue weighted by Crippen LogP contribution is -2.41. The lowest BCUT2D eigenvalue weighted by atomic mass is 9.73. The van der Waals surface area contributed by atoms with Gasteiger partial charge in [-0.1, -0.05) is 44.2 Å². The van der Waals surface area contributed by atoms with E-state index in [1.54, 1.807) is 0 Å². The fourth-order valence-corrected chi connectivity index (χ4v) is 4.69. The van der Waals surface area contributed by atoms with Crippen LogP contribution in [0.2, 0.25) is 0 Å². The van der Waals surface area contributed by atoms with Crippen molar-refractivity contribution in [1.82, 2.24) is 0 Å². The van der Waals surface area contributed by atoms with Crippen molar-refractivity contribution in [3.05, 3.63) is 51.1 Å². The van der Waals surface area contributed by atoms with E-state index >= 15 is 0 Å². The molecule has 0 unspecified atom stereocenters. The molecule has 2 aromatic carbocycles. The Labute approximate surface area is 164 Å². The van der Waals surface area contributed by atoms with Crippen LogP contribution >= 0.6 is 22.6 Å². The highest BCUT2D eigenvalue weighted by Crippen LogP contribution is 2.49. The fraction of sp³-hybridized carbons (Fsp3) is 0.429. The molecule has 0 atom stereocenters. The summed E-state index contributed by atoms with van der Waals surface area (Å²) in [5.74, 6) is 0. The third-order valence-electron chi connectivity index (χ3n) is 6.22. The minimum Gasteiger partial charge on any atom is -0.399 e. The van der Waals surface area contributed by atoms with Crippen LogP contribution < -0.4 is 5.46 Å². The van der Waals surface area contributed by atoms with Gasteiger partial charge in [0.15, 0.2) is 0 Å². The van der Waals surface area contributed by atoms with Gasteiger partial charge in [0.1, 0.15) is 0 Å². The van der Waals surface area contributed by atoms with Gasteiger partial charge in [-0.15, -0.1) is 0 Å². The monoisotopic (exact) mass is 446 g/mol. The summed E-state index contributed by atoms with van der Waals surface area (Å²) in [6.07, 6.45) is 0. The lowest BCUT2D eigenvalue weighted by Gasteiger charge is -2.32. The molecule has 1 fully saturated rings. The zero-order valence-corrected chi connectivity index (χ0v) is 17.9. The van der Waals surface area contributed by atoms with Gasteiger partial charge in [-0.3, -0.25) is 0 Å². The molecule has 1 aliphatic carbocycles. The van der Waals surface area contributed by atoms with Crippen molar-refractivity contribution in [3.63, 3.8) is 0 Å². The van der Waals surface area contributed by atoms with Gasteiger partial charge in [0.25, 0.3) is 0 Å². The number of fused-ring (bicyclic) bond motifs is 3. The minimum atomic E-state index is -0.339. The highest BCUT2D eigenvalue weighted by atomic mass is 127. The molecular formula is C21H24BIO2. The maximum atomic E-state index is 6.41. The molecule has 4 rings (SSSR count). The number of benzene rings is 2. The maximum absolute atomic E-state index is 6.41. The molecule has 130 valence electrons. The van der Waals surface area contributed by atoms with E-state index in [-0.39, 0.29) is 23.7 Å². The predicted octanol–water partition coefficient (Wildman–Crippen LogP) is 4.90. The molecule has 0 spiro atoms. The second kappa shape index (κ2) is 5.34. The van der Waals surface area contributed by atoms with Crippen LogP contribution in [-0.2, 0) is 14.7 Å². The van der Waals surface area contributed by atoms with E-state index in [9.17, 15) is 0 Å². The molecule has 25 heavy (non-hydrogen) atoms. The Morgan fingerprint density at radius 2 is 1.40 bits per heavy atom. The largest absolute Gasteiger partial charge is 0.496 e. The van der Waals surface area contributed by atoms with Crippen LogP contribution in [0.25, 0.3) is 11.1 Å². The average Bonchev–Trinajstić information content (AvgIpc) is 2.87. The molecular weight excluding hydrogens is 422 g/mol. The first-order valence-corrected chi connectivity index (χ1v) is 9.92. The average molecular weight is 446 g/mol. The van der Waals surface area contributed by atoms with Crippen LogP contribution in [0.4, 0.5) is 0 Å². The van der Waals surface area contributed by atoms with E-state index < -0.39 is 0 Å². The number of hydrogen-bond acceptors (Lipinski definition) is 2. The van der Waals surface area contributed by atoms with Gasteiger partial charge < -0.3 is 9.31 Å². The van der Waals surface area contributed by atoms with Gasteiger partial charge in [-0.2, -0.15) is 0 Å². The van der Waals surface area contributed by atoms with Crippen LogP contribution in [0.15, 0.2) is 36.4 Å². The Morgan fingerprint density at radius 1 is 0.800 bits per heavy atom. The van der Waals surface area contributed by atoms with Gasteiger partial charge in [0.2, 0.25) is 0 Å². The predicted molar refractivity (Wildman–Crippen MR) is 112 cm³/mol. The topological polar surface area (TPSA) is 18.5 Å². The van der Waals surface area contributed by atoms with Crippen molar-refractivity contribution < 1.29 is 9.31 Å². The SMILES string of the molecule is CC1(C)c2ccccc2-c2c1ccc(I)c2B1OC(C)(C)C(C)(C)O1. The second-order valence-corrected chi connectivity index (χ2v) is 9.80. The lowest BCUT2D eigenvalue weighted by molar-refractivity contribution is 0.00578. The smallest absolute Gasteiger partial charge is 0.399 e. The maximum Gasteiger partial charge on any atom is 0.496 e. The van der Waals surface area contributed by atoms with Crippen molar-refractivity contribution in [2.24, 2.45) is 0 Å². The second-order valence-electron chi connectivity index (χ2n) is 8.64. The van der Waals surface area contributed by atoms with Crippen molar-refractivity contribution >= 4 is 35.2 Å². The Bertz CT molecular complexity index is 854. The summed E-state index contributed by atoms with van der Waals surface area (Å²) < 4.78 is 14.0. The van der Waals surface area contributed by atoms with Gasteiger partial charge in [0, 0.05) is 14.4 Å². The Balaban J connectivity index is 1.96. The molecule has 0 bridgehead atoms. The number of halogens is 1. The van der Waals surface area contributed by atoms with E-state index in [0.29, 0.717) is 0 Å². The first-order valence-electron chi connectivity index (χ1n) is 8.85. The zero-order chi connectivity index (χ0) is 18.2. The van der Waals surface area contributed by atoms with E-state index in [0.717, 1.165) is 0 Å². The van der Waals surface area contributed by atoms with Gasteiger partial charge in [-0.05, 0) is 78.6 Å². The molecule has 0 amide bonds. The van der Waals surface area contributed by atoms with E-state index in [4.69, 9.17) is 9.31 Å². The third-order valence-corrected chi connectivity index (χ3v) is 7.17. The van der Waals surface area contributed by atoms with E-state index in [1.807, 2.05) is 0 Å². The van der Waals surface area contributed by atoms with E-state index in [2.05, 4.69) is 101 Å². The fourth-order valence-electron chi connectivity index (χ4n) is 3.99. The summed E-state index contributed by atoms with van der Waals surface area (Å²) in [6.45, 7) is 13.1. The molecule has 2 aromatic rings. The van der Waals surface area contributed by atoms with Gasteiger partial charge >= 0.3 is 7.12 Å². The first-order chi connectivity index (χ1) is 11.6. The summed E-state index contributed by atoms with van der Waals surface area (Å²) in [7, 11) is -0.339. The molecule has 1 heterocycles. The first kappa shape index (κ1) is 17.6. The van der Waals surface area contributed by atoms with Crippen LogP contribution in [0.1, 0.15) is 52.7 Å². The molecule has 0 saturated carbocycles. The molecule has 0 N–H and O–H groups in total. The summed E-state index contributed by atoms with van der Waals surface area (Å²) >= 11 is 2.42. The quantitative estimate of drug-likeness (QED) is 0.459. The van der Waals surface area contributed by atoms with Crippen molar-refractivity contribution in [3.8, 4) is 11.1 Å². The summed E-state index contributed by atoms with van der Waals surface area (Å²) in [6, 6.07) is 13.2. The standard InChI is InChI=1S/C21H24BIO2/c1-19(2)14-10-8-7-9-13(14)17-15(19)11-12-16(23)18(17)22-24-20(3,4)21(5,6)25-22/h7-12H,1-6H3. The molecule has 0 radical (unpaired) electrons. The Morgan fingerprint density at radius 3 is 2.04 bits per heavy atom. The van der Waals surface area contributed by atoms with Gasteiger partial charge in [-0.25, -0.2) is 0 Å².